The number of rotatable bonds is 3. The van der Waals surface area contributed by atoms with E-state index in [0.717, 1.165) is 50.6 Å². The highest BCUT2D eigenvalue weighted by Crippen LogP contribution is 2.41. The molecule has 0 aromatic carbocycles. The maximum atomic E-state index is 13.2. The van der Waals surface area contributed by atoms with Crippen LogP contribution in [0.25, 0.3) is 0 Å². The summed E-state index contributed by atoms with van der Waals surface area (Å²) in [5.74, 6) is 0.492. The molecule has 27 heavy (non-hydrogen) atoms. The van der Waals surface area contributed by atoms with Crippen molar-refractivity contribution in [1.82, 2.24) is 14.7 Å². The molecule has 2 atom stereocenters. The Bertz CT molecular complexity index is 739. The zero-order valence-corrected chi connectivity index (χ0v) is 16.3. The topological polar surface area (TPSA) is 75.4 Å². The molecule has 4 rings (SSSR count). The SMILES string of the molecule is Cc1ccc(=O)n(CC2(O)C[C@H]3CCC[C@H](C2)N3C(=O)C2CCCCC2)n1. The van der Waals surface area contributed by atoms with E-state index in [2.05, 4.69) is 10.00 Å². The van der Waals surface area contributed by atoms with E-state index in [4.69, 9.17) is 0 Å². The molecule has 3 aliphatic rings. The van der Waals surface area contributed by atoms with Gasteiger partial charge in [-0.05, 0) is 57.9 Å². The molecule has 1 aromatic heterocycles. The monoisotopic (exact) mass is 373 g/mol. The van der Waals surface area contributed by atoms with E-state index in [0.29, 0.717) is 18.7 Å². The first-order valence-electron chi connectivity index (χ1n) is 10.5. The molecule has 3 heterocycles. The smallest absolute Gasteiger partial charge is 0.266 e. The molecule has 1 N–H and O–H groups in total. The van der Waals surface area contributed by atoms with Crippen LogP contribution in [0.3, 0.4) is 0 Å². The largest absolute Gasteiger partial charge is 0.388 e. The number of hydrogen-bond acceptors (Lipinski definition) is 4. The van der Waals surface area contributed by atoms with Crippen molar-refractivity contribution in [1.29, 1.82) is 0 Å². The number of carbonyl (C=O) groups is 1. The van der Waals surface area contributed by atoms with Crippen LogP contribution in [0.4, 0.5) is 0 Å². The van der Waals surface area contributed by atoms with Gasteiger partial charge in [0.15, 0.2) is 0 Å². The lowest BCUT2D eigenvalue weighted by Gasteiger charge is -2.53. The predicted octanol–water partition coefficient (Wildman–Crippen LogP) is 2.41. The Hall–Kier alpha value is -1.69. The zero-order valence-electron chi connectivity index (χ0n) is 16.3. The molecule has 1 aromatic rings. The molecule has 148 valence electrons. The van der Waals surface area contributed by atoms with Gasteiger partial charge in [0.2, 0.25) is 5.91 Å². The van der Waals surface area contributed by atoms with Crippen LogP contribution in [0.5, 0.6) is 0 Å². The summed E-state index contributed by atoms with van der Waals surface area (Å²) >= 11 is 0. The number of aliphatic hydroxyl groups is 1. The fourth-order valence-electron chi connectivity index (χ4n) is 5.52. The Balaban J connectivity index is 1.52. The van der Waals surface area contributed by atoms with E-state index in [-0.39, 0.29) is 30.1 Å². The summed E-state index contributed by atoms with van der Waals surface area (Å²) in [5.41, 5.74) is -0.382. The van der Waals surface area contributed by atoms with Crippen LogP contribution in [0.2, 0.25) is 0 Å². The first-order valence-corrected chi connectivity index (χ1v) is 10.5. The van der Waals surface area contributed by atoms with Gasteiger partial charge in [0.25, 0.3) is 5.56 Å². The van der Waals surface area contributed by atoms with Crippen LogP contribution in [0.1, 0.15) is 69.9 Å². The van der Waals surface area contributed by atoms with Crippen LogP contribution < -0.4 is 5.56 Å². The second kappa shape index (κ2) is 7.38. The summed E-state index contributed by atoms with van der Waals surface area (Å²) in [6, 6.07) is 3.40. The van der Waals surface area contributed by atoms with Crippen LogP contribution >= 0.6 is 0 Å². The van der Waals surface area contributed by atoms with Crippen molar-refractivity contribution < 1.29 is 9.90 Å². The molecule has 3 fully saturated rings. The van der Waals surface area contributed by atoms with Crippen LogP contribution in [0.15, 0.2) is 16.9 Å². The van der Waals surface area contributed by atoms with Crippen molar-refractivity contribution in [2.75, 3.05) is 0 Å². The standard InChI is InChI=1S/C21H31N3O3/c1-15-10-11-19(25)23(22-15)14-21(27)12-17-8-5-9-18(13-21)24(17)20(26)16-6-3-2-4-7-16/h10-11,16-18,27H,2-9,12-14H2,1H3/t17-,18-/m1/s1. The van der Waals surface area contributed by atoms with Crippen molar-refractivity contribution in [2.24, 2.45) is 5.92 Å². The van der Waals surface area contributed by atoms with E-state index in [9.17, 15) is 14.7 Å². The summed E-state index contributed by atoms with van der Waals surface area (Å²) in [6.45, 7) is 2.06. The van der Waals surface area contributed by atoms with Gasteiger partial charge >= 0.3 is 0 Å². The number of hydrogen-bond donors (Lipinski definition) is 1. The quantitative estimate of drug-likeness (QED) is 0.883. The molecule has 1 aliphatic carbocycles. The van der Waals surface area contributed by atoms with Gasteiger partial charge in [-0.1, -0.05) is 19.3 Å². The molecule has 6 nitrogen and oxygen atoms in total. The molecule has 0 spiro atoms. The second-order valence-electron chi connectivity index (χ2n) is 8.92. The molecule has 0 radical (unpaired) electrons. The zero-order chi connectivity index (χ0) is 19.0. The number of amides is 1. The van der Waals surface area contributed by atoms with Crippen LogP contribution in [-0.2, 0) is 11.3 Å². The minimum atomic E-state index is -0.969. The van der Waals surface area contributed by atoms with E-state index in [1.54, 1.807) is 6.07 Å². The predicted molar refractivity (Wildman–Crippen MR) is 102 cm³/mol. The average molecular weight is 373 g/mol. The normalized spacial score (nSPS) is 31.7. The molecular weight excluding hydrogens is 342 g/mol. The lowest BCUT2D eigenvalue weighted by molar-refractivity contribution is -0.158. The van der Waals surface area contributed by atoms with Crippen molar-refractivity contribution in [2.45, 2.75) is 95.4 Å². The molecular formula is C21H31N3O3. The van der Waals surface area contributed by atoms with Gasteiger partial charge < -0.3 is 10.0 Å². The first kappa shape index (κ1) is 18.7. The highest BCUT2D eigenvalue weighted by Gasteiger charge is 2.48. The Labute approximate surface area is 160 Å². The van der Waals surface area contributed by atoms with Gasteiger partial charge in [-0.3, -0.25) is 9.59 Å². The van der Waals surface area contributed by atoms with Crippen molar-refractivity contribution >= 4 is 5.91 Å². The van der Waals surface area contributed by atoms with Gasteiger partial charge in [0, 0.05) is 24.1 Å². The number of fused-ring (bicyclic) bond motifs is 2. The summed E-state index contributed by atoms with van der Waals surface area (Å²) < 4.78 is 1.39. The van der Waals surface area contributed by atoms with Gasteiger partial charge in [0.05, 0.1) is 17.8 Å². The Morgan fingerprint density at radius 1 is 1.11 bits per heavy atom. The van der Waals surface area contributed by atoms with E-state index in [1.807, 2.05) is 6.92 Å². The van der Waals surface area contributed by atoms with Crippen molar-refractivity contribution in [3.8, 4) is 0 Å². The third kappa shape index (κ3) is 3.82. The van der Waals surface area contributed by atoms with E-state index in [1.165, 1.54) is 17.2 Å². The number of aromatic nitrogens is 2. The molecule has 1 amide bonds. The van der Waals surface area contributed by atoms with Crippen LogP contribution in [-0.4, -0.2) is 43.4 Å². The van der Waals surface area contributed by atoms with Gasteiger partial charge in [-0.25, -0.2) is 4.68 Å². The Kier molecular flexibility index (Phi) is 5.10. The summed E-state index contributed by atoms with van der Waals surface area (Å²) in [4.78, 5) is 27.5. The summed E-state index contributed by atoms with van der Waals surface area (Å²) in [7, 11) is 0. The maximum absolute atomic E-state index is 13.2. The van der Waals surface area contributed by atoms with E-state index >= 15 is 0 Å². The Morgan fingerprint density at radius 2 is 1.78 bits per heavy atom. The lowest BCUT2D eigenvalue weighted by Crippen LogP contribution is -2.62. The highest BCUT2D eigenvalue weighted by atomic mass is 16.3. The number of carbonyl (C=O) groups excluding carboxylic acids is 1. The molecule has 2 saturated heterocycles. The third-order valence-corrected chi connectivity index (χ3v) is 6.75. The van der Waals surface area contributed by atoms with Gasteiger partial charge in [-0.2, -0.15) is 5.10 Å². The minimum absolute atomic E-state index is 0.0948. The third-order valence-electron chi connectivity index (χ3n) is 6.75. The summed E-state index contributed by atoms with van der Waals surface area (Å²) in [6.07, 6.45) is 9.70. The van der Waals surface area contributed by atoms with Crippen molar-refractivity contribution in [3.05, 3.63) is 28.2 Å². The highest BCUT2D eigenvalue weighted by molar-refractivity contribution is 5.80. The van der Waals surface area contributed by atoms with Gasteiger partial charge in [0.1, 0.15) is 0 Å². The fraction of sp³-hybridized carbons (Fsp3) is 0.762. The number of nitrogens with zero attached hydrogens (tertiary/aromatic N) is 3. The molecule has 2 bridgehead atoms. The maximum Gasteiger partial charge on any atom is 0.266 e. The van der Waals surface area contributed by atoms with Crippen molar-refractivity contribution in [3.63, 3.8) is 0 Å². The van der Waals surface area contributed by atoms with Crippen LogP contribution in [0, 0.1) is 12.8 Å². The van der Waals surface area contributed by atoms with E-state index < -0.39 is 5.60 Å². The second-order valence-corrected chi connectivity index (χ2v) is 8.92. The molecule has 1 saturated carbocycles. The summed E-state index contributed by atoms with van der Waals surface area (Å²) in [5, 5.41) is 15.6. The molecule has 0 unspecified atom stereocenters. The van der Waals surface area contributed by atoms with Gasteiger partial charge in [-0.15, -0.1) is 0 Å². The Morgan fingerprint density at radius 3 is 2.44 bits per heavy atom. The first-order chi connectivity index (χ1) is 13.0. The molecule has 6 heteroatoms. The number of aryl methyl sites for hydroxylation is 1. The number of piperidine rings is 2. The fourth-order valence-corrected chi connectivity index (χ4v) is 5.52. The molecule has 2 aliphatic heterocycles. The average Bonchev–Trinajstić information content (AvgIpc) is 2.64. The minimum Gasteiger partial charge on any atom is -0.388 e. The lowest BCUT2D eigenvalue weighted by atomic mass is 9.74.